The van der Waals surface area contributed by atoms with E-state index in [2.05, 4.69) is 36.3 Å². The Hall–Kier alpha value is -4.98. The van der Waals surface area contributed by atoms with Crippen LogP contribution in [-0.4, -0.2) is 67.4 Å². The zero-order valence-electron chi connectivity index (χ0n) is 24.6. The van der Waals surface area contributed by atoms with Crippen LogP contribution in [0.4, 0.5) is 8.78 Å². The van der Waals surface area contributed by atoms with Crippen LogP contribution < -0.4 is 16.0 Å². The van der Waals surface area contributed by atoms with Crippen molar-refractivity contribution < 1.29 is 27.7 Å². The average molecular weight is 619 g/mol. The van der Waals surface area contributed by atoms with Gasteiger partial charge in [-0.25, -0.2) is 13.5 Å². The van der Waals surface area contributed by atoms with Crippen molar-refractivity contribution in [2.24, 2.45) is 0 Å². The van der Waals surface area contributed by atoms with Crippen LogP contribution >= 0.6 is 0 Å². The molecule has 1 saturated heterocycles. The minimum Gasteiger partial charge on any atom is -0.358 e. The normalized spacial score (nSPS) is 19.2. The molecule has 0 radical (unpaired) electrons. The summed E-state index contributed by atoms with van der Waals surface area (Å²) in [5, 5.41) is 21.0. The molecule has 12 nitrogen and oxygen atoms in total. The largest absolute Gasteiger partial charge is 0.358 e. The fourth-order valence-electron chi connectivity index (χ4n) is 5.87. The van der Waals surface area contributed by atoms with Crippen LogP contribution in [0.3, 0.4) is 0 Å². The molecule has 234 valence electrons. The molecule has 2 aromatic carbocycles. The lowest BCUT2D eigenvalue weighted by molar-refractivity contribution is -0.130. The van der Waals surface area contributed by atoms with Crippen molar-refractivity contribution in [1.82, 2.24) is 41.0 Å². The van der Waals surface area contributed by atoms with E-state index in [-0.39, 0.29) is 30.7 Å². The maximum Gasteiger partial charge on any atom is 0.257 e. The second kappa shape index (κ2) is 12.6. The predicted octanol–water partition coefficient (Wildman–Crippen LogP) is 2.35. The average Bonchev–Trinajstić information content (AvgIpc) is 3.65. The van der Waals surface area contributed by atoms with Crippen molar-refractivity contribution >= 4 is 17.7 Å². The Morgan fingerprint density at radius 3 is 2.58 bits per heavy atom. The first-order valence-corrected chi connectivity index (χ1v) is 14.7. The summed E-state index contributed by atoms with van der Waals surface area (Å²) < 4.78 is 34.2. The highest BCUT2D eigenvalue weighted by Gasteiger charge is 2.40. The fraction of sp³-hybridized carbons (Fsp3) is 0.355. The van der Waals surface area contributed by atoms with Gasteiger partial charge in [0.25, 0.3) is 5.91 Å². The van der Waals surface area contributed by atoms with Crippen LogP contribution in [-0.2, 0) is 29.1 Å². The molecule has 2 aliphatic rings. The minimum atomic E-state index is -0.980. The number of hydrogen-bond donors (Lipinski definition) is 3. The molecule has 4 aromatic rings. The highest BCUT2D eigenvalue weighted by atomic mass is 19.2. The number of fused-ring (bicyclic) bond motifs is 1. The molecule has 0 aliphatic carbocycles. The minimum absolute atomic E-state index is 0.0774. The summed E-state index contributed by atoms with van der Waals surface area (Å²) in [6, 6.07) is 12.2. The van der Waals surface area contributed by atoms with Gasteiger partial charge >= 0.3 is 0 Å². The summed E-state index contributed by atoms with van der Waals surface area (Å²) in [5.41, 5.74) is 1.54. The van der Waals surface area contributed by atoms with E-state index in [1.54, 1.807) is 17.8 Å². The van der Waals surface area contributed by atoms with Crippen molar-refractivity contribution in [3.8, 4) is 5.69 Å². The number of nitrogens with one attached hydrogen (secondary N) is 3. The number of likely N-dealkylation sites (tertiary alicyclic amines) is 1. The number of halogens is 2. The molecule has 3 N–H and O–H groups in total. The molecule has 6 rings (SSSR count). The maximum atomic E-state index is 13.8. The standard InChI is InChI=1S/C31H32F2N8O4/c1-19-28-26(45-38-19)16-34-29(43)25(14-21-18-41(39-37-21)22-5-3-2-4-6-22)35-27(42)15-31(36-30(28)44)9-11-40(12-10-31)17-20-7-8-23(32)24(33)13-20/h2-8,13,18,25H,9-12,14-17H2,1H3,(H,34,43)(H,35,42)(H,36,44)/t25-/m1/s1. The number of para-hydroxylation sites is 1. The number of amides is 3. The van der Waals surface area contributed by atoms with E-state index in [0.717, 1.165) is 11.8 Å². The molecule has 2 aromatic heterocycles. The van der Waals surface area contributed by atoms with Gasteiger partial charge in [-0.3, -0.25) is 19.3 Å². The van der Waals surface area contributed by atoms with E-state index in [4.69, 9.17) is 4.52 Å². The summed E-state index contributed by atoms with van der Waals surface area (Å²) in [5.74, 6) is -2.96. The van der Waals surface area contributed by atoms with E-state index < -0.39 is 40.9 Å². The molecule has 2 aliphatic heterocycles. The van der Waals surface area contributed by atoms with Crippen molar-refractivity contribution in [3.05, 3.63) is 94.6 Å². The zero-order valence-corrected chi connectivity index (χ0v) is 24.6. The molecule has 45 heavy (non-hydrogen) atoms. The Kier molecular flexibility index (Phi) is 8.39. The first-order valence-electron chi connectivity index (χ1n) is 14.7. The highest BCUT2D eigenvalue weighted by Crippen LogP contribution is 2.29. The third kappa shape index (κ3) is 6.75. The molecule has 1 fully saturated rings. The number of carbonyl (C=O) groups is 3. The highest BCUT2D eigenvalue weighted by molar-refractivity contribution is 5.97. The predicted molar refractivity (Wildman–Crippen MR) is 156 cm³/mol. The SMILES string of the molecule is Cc1noc2c1C(=O)NC1(CCN(Cc3ccc(F)c(F)c3)CC1)CC(=O)N[C@H](Cc1cn(-c3ccccc3)nn1)C(=O)NC2. The number of benzene rings is 2. The van der Waals surface area contributed by atoms with Crippen LogP contribution in [0.2, 0.25) is 0 Å². The Labute approximate surface area is 257 Å². The second-order valence-electron chi connectivity index (χ2n) is 11.5. The Morgan fingerprint density at radius 1 is 1.04 bits per heavy atom. The van der Waals surface area contributed by atoms with Gasteiger partial charge in [0, 0.05) is 32.5 Å². The van der Waals surface area contributed by atoms with Gasteiger partial charge in [-0.2, -0.15) is 0 Å². The monoisotopic (exact) mass is 618 g/mol. The first-order chi connectivity index (χ1) is 21.7. The Morgan fingerprint density at radius 2 is 1.82 bits per heavy atom. The lowest BCUT2D eigenvalue weighted by Crippen LogP contribution is -2.58. The van der Waals surface area contributed by atoms with Crippen LogP contribution in [0, 0.1) is 18.6 Å². The molecule has 4 heterocycles. The van der Waals surface area contributed by atoms with Crippen molar-refractivity contribution in [1.29, 1.82) is 0 Å². The summed E-state index contributed by atoms with van der Waals surface area (Å²) in [6.45, 7) is 2.87. The van der Waals surface area contributed by atoms with E-state index >= 15 is 0 Å². The second-order valence-corrected chi connectivity index (χ2v) is 11.5. The van der Waals surface area contributed by atoms with Gasteiger partial charge in [-0.1, -0.05) is 34.6 Å². The van der Waals surface area contributed by atoms with Gasteiger partial charge in [-0.05, 0) is 49.6 Å². The smallest absolute Gasteiger partial charge is 0.257 e. The first kappa shape index (κ1) is 30.1. The Bertz CT molecular complexity index is 1720. The number of carbonyl (C=O) groups excluding carboxylic acids is 3. The van der Waals surface area contributed by atoms with Crippen LogP contribution in [0.5, 0.6) is 0 Å². The molecular weight excluding hydrogens is 586 g/mol. The molecule has 0 bridgehead atoms. The van der Waals surface area contributed by atoms with E-state index in [0.29, 0.717) is 49.4 Å². The molecule has 0 unspecified atom stereocenters. The third-order valence-corrected chi connectivity index (χ3v) is 8.29. The number of piperidine rings is 1. The summed E-state index contributed by atoms with van der Waals surface area (Å²) >= 11 is 0. The molecular formula is C31H32F2N8O4. The number of nitrogens with zero attached hydrogens (tertiary/aromatic N) is 5. The lowest BCUT2D eigenvalue weighted by atomic mass is 9.83. The van der Waals surface area contributed by atoms with E-state index in [1.807, 2.05) is 30.3 Å². The number of rotatable bonds is 5. The van der Waals surface area contributed by atoms with Gasteiger partial charge in [0.2, 0.25) is 11.8 Å². The quantitative estimate of drug-likeness (QED) is 0.309. The zero-order chi connectivity index (χ0) is 31.6. The van der Waals surface area contributed by atoms with Gasteiger partial charge in [0.15, 0.2) is 17.4 Å². The molecule has 1 spiro atoms. The number of aryl methyl sites for hydroxylation is 1. The fourth-order valence-corrected chi connectivity index (χ4v) is 5.87. The summed E-state index contributed by atoms with van der Waals surface area (Å²) in [4.78, 5) is 42.6. The molecule has 0 saturated carbocycles. The number of aromatic nitrogens is 4. The molecule has 3 amide bonds. The molecule has 14 heteroatoms. The summed E-state index contributed by atoms with van der Waals surface area (Å²) in [6.07, 6.45) is 2.49. The molecule has 1 atom stereocenters. The van der Waals surface area contributed by atoms with Gasteiger partial charge in [0.1, 0.15) is 11.6 Å². The lowest BCUT2D eigenvalue weighted by Gasteiger charge is -2.42. The van der Waals surface area contributed by atoms with Gasteiger partial charge in [0.05, 0.1) is 35.4 Å². The van der Waals surface area contributed by atoms with Crippen LogP contribution in [0.25, 0.3) is 5.69 Å². The van der Waals surface area contributed by atoms with E-state index in [9.17, 15) is 23.2 Å². The van der Waals surface area contributed by atoms with Gasteiger partial charge < -0.3 is 20.5 Å². The third-order valence-electron chi connectivity index (χ3n) is 8.29. The van der Waals surface area contributed by atoms with Crippen molar-refractivity contribution in [3.63, 3.8) is 0 Å². The van der Waals surface area contributed by atoms with E-state index in [1.165, 1.54) is 12.1 Å². The van der Waals surface area contributed by atoms with Crippen molar-refractivity contribution in [2.45, 2.75) is 57.3 Å². The summed E-state index contributed by atoms with van der Waals surface area (Å²) in [7, 11) is 0. The maximum absolute atomic E-state index is 13.8. The van der Waals surface area contributed by atoms with Crippen molar-refractivity contribution in [2.75, 3.05) is 13.1 Å². The number of hydrogen-bond acceptors (Lipinski definition) is 8. The topological polar surface area (TPSA) is 147 Å². The van der Waals surface area contributed by atoms with Crippen LogP contribution in [0.15, 0.2) is 59.3 Å². The van der Waals surface area contributed by atoms with Crippen LogP contribution in [0.1, 0.15) is 52.3 Å². The van der Waals surface area contributed by atoms with Gasteiger partial charge in [-0.15, -0.1) is 5.10 Å². The Balaban J connectivity index is 1.23.